The molecule has 0 saturated heterocycles. The maximum atomic E-state index is 12.5. The number of H-pyrrole nitrogens is 1. The molecular formula is C8H5FN2O2. The molecule has 0 amide bonds. The highest BCUT2D eigenvalue weighted by molar-refractivity contribution is 5.44. The first-order chi connectivity index (χ1) is 6.27. The summed E-state index contributed by atoms with van der Waals surface area (Å²) < 4.78 is 17.5. The highest BCUT2D eigenvalue weighted by Crippen LogP contribution is 2.12. The van der Waals surface area contributed by atoms with E-state index in [1.54, 1.807) is 12.1 Å². The Labute approximate surface area is 72.0 Å². The maximum Gasteiger partial charge on any atom is 0.287 e. The summed E-state index contributed by atoms with van der Waals surface area (Å²) in [6.07, 6.45) is 2.30. The smallest absolute Gasteiger partial charge is 0.287 e. The molecule has 0 spiro atoms. The molecule has 4 nitrogen and oxygen atoms in total. The van der Waals surface area contributed by atoms with Gasteiger partial charge in [0.05, 0.1) is 12.5 Å². The van der Waals surface area contributed by atoms with Gasteiger partial charge in [-0.1, -0.05) is 0 Å². The monoisotopic (exact) mass is 180 g/mol. The second-order valence-electron chi connectivity index (χ2n) is 2.39. The Kier molecular flexibility index (Phi) is 1.70. The molecule has 0 unspecified atom stereocenters. The topological polar surface area (TPSA) is 58.9 Å². The Hall–Kier alpha value is -1.91. The molecular weight excluding hydrogens is 175 g/mol. The van der Waals surface area contributed by atoms with Crippen LogP contribution in [-0.4, -0.2) is 9.97 Å². The number of nitrogens with one attached hydrogen (secondary N) is 1. The van der Waals surface area contributed by atoms with Crippen LogP contribution in [-0.2, 0) is 0 Å². The third-order valence-electron chi connectivity index (χ3n) is 1.51. The molecule has 2 rings (SSSR count). The predicted molar refractivity (Wildman–Crippen MR) is 42.5 cm³/mol. The van der Waals surface area contributed by atoms with E-state index >= 15 is 0 Å². The zero-order valence-corrected chi connectivity index (χ0v) is 6.45. The molecule has 0 saturated carbocycles. The van der Waals surface area contributed by atoms with Crippen molar-refractivity contribution in [3.8, 4) is 11.6 Å². The zero-order valence-electron chi connectivity index (χ0n) is 6.45. The Balaban J connectivity index is 2.55. The zero-order chi connectivity index (χ0) is 9.26. The van der Waals surface area contributed by atoms with Gasteiger partial charge in [-0.05, 0) is 12.1 Å². The summed E-state index contributed by atoms with van der Waals surface area (Å²) in [4.78, 5) is 16.7. The van der Waals surface area contributed by atoms with Gasteiger partial charge in [0.25, 0.3) is 5.56 Å². The molecule has 13 heavy (non-hydrogen) atoms. The summed E-state index contributed by atoms with van der Waals surface area (Å²) in [6.45, 7) is 0. The van der Waals surface area contributed by atoms with Gasteiger partial charge in [0.15, 0.2) is 11.6 Å². The average molecular weight is 180 g/mol. The summed E-state index contributed by atoms with van der Waals surface area (Å²) in [6, 6.07) is 3.27. The molecule has 0 fully saturated rings. The molecule has 5 heteroatoms. The number of hydrogen-bond acceptors (Lipinski definition) is 3. The first-order valence-corrected chi connectivity index (χ1v) is 3.56. The van der Waals surface area contributed by atoms with Crippen molar-refractivity contribution >= 4 is 0 Å². The van der Waals surface area contributed by atoms with Crippen molar-refractivity contribution in [2.24, 2.45) is 0 Å². The minimum absolute atomic E-state index is 0.219. The van der Waals surface area contributed by atoms with E-state index in [4.69, 9.17) is 4.42 Å². The highest BCUT2D eigenvalue weighted by atomic mass is 19.1. The van der Waals surface area contributed by atoms with E-state index in [1.807, 2.05) is 0 Å². The molecule has 1 N–H and O–H groups in total. The lowest BCUT2D eigenvalue weighted by Gasteiger charge is -1.93. The van der Waals surface area contributed by atoms with Crippen molar-refractivity contribution in [2.75, 3.05) is 0 Å². The quantitative estimate of drug-likeness (QED) is 0.716. The van der Waals surface area contributed by atoms with Gasteiger partial charge in [-0.25, -0.2) is 4.98 Å². The largest absolute Gasteiger partial charge is 0.461 e. The fraction of sp³-hybridized carbons (Fsp3) is 0. The molecule has 2 aromatic heterocycles. The fourth-order valence-corrected chi connectivity index (χ4v) is 0.918. The number of hydrogen-bond donors (Lipinski definition) is 1. The van der Waals surface area contributed by atoms with Gasteiger partial charge < -0.3 is 9.40 Å². The molecule has 2 aromatic rings. The molecule has 0 radical (unpaired) electrons. The second-order valence-corrected chi connectivity index (χ2v) is 2.39. The minimum atomic E-state index is -0.907. The van der Waals surface area contributed by atoms with Crippen molar-refractivity contribution in [1.82, 2.24) is 9.97 Å². The summed E-state index contributed by atoms with van der Waals surface area (Å²) in [5.74, 6) is -0.288. The van der Waals surface area contributed by atoms with Crippen LogP contribution < -0.4 is 5.56 Å². The van der Waals surface area contributed by atoms with Crippen LogP contribution in [0.25, 0.3) is 11.6 Å². The van der Waals surface area contributed by atoms with Crippen molar-refractivity contribution in [3.05, 3.63) is 40.8 Å². The Morgan fingerprint density at radius 1 is 1.54 bits per heavy atom. The molecule has 0 bridgehead atoms. The number of halogens is 1. The number of aromatic nitrogens is 2. The lowest BCUT2D eigenvalue weighted by atomic mass is 10.4. The third kappa shape index (κ3) is 1.35. The number of aromatic amines is 1. The second kappa shape index (κ2) is 2.85. The van der Waals surface area contributed by atoms with Gasteiger partial charge in [0.1, 0.15) is 0 Å². The summed E-state index contributed by atoms with van der Waals surface area (Å²) in [5.41, 5.74) is -0.804. The summed E-state index contributed by atoms with van der Waals surface area (Å²) >= 11 is 0. The van der Waals surface area contributed by atoms with Crippen LogP contribution in [0.2, 0.25) is 0 Å². The Morgan fingerprint density at radius 2 is 2.38 bits per heavy atom. The standard InChI is InChI=1S/C8H5FN2O2/c9-5-4-10-7(11-8(5)12)6-2-1-3-13-6/h1-4H,(H,10,11,12). The Morgan fingerprint density at radius 3 is 3.00 bits per heavy atom. The molecule has 0 aliphatic rings. The lowest BCUT2D eigenvalue weighted by Crippen LogP contribution is -2.12. The van der Waals surface area contributed by atoms with Crippen molar-refractivity contribution in [1.29, 1.82) is 0 Å². The van der Waals surface area contributed by atoms with E-state index in [1.165, 1.54) is 6.26 Å². The minimum Gasteiger partial charge on any atom is -0.461 e. The van der Waals surface area contributed by atoms with E-state index in [9.17, 15) is 9.18 Å². The van der Waals surface area contributed by atoms with Crippen LogP contribution in [0.3, 0.4) is 0 Å². The van der Waals surface area contributed by atoms with Crippen LogP contribution in [0, 0.1) is 5.82 Å². The third-order valence-corrected chi connectivity index (χ3v) is 1.51. The first kappa shape index (κ1) is 7.72. The maximum absolute atomic E-state index is 12.5. The van der Waals surface area contributed by atoms with Crippen LogP contribution >= 0.6 is 0 Å². The van der Waals surface area contributed by atoms with Crippen molar-refractivity contribution in [3.63, 3.8) is 0 Å². The Bertz CT molecular complexity index is 461. The molecule has 0 aliphatic carbocycles. The van der Waals surface area contributed by atoms with Crippen LogP contribution in [0.4, 0.5) is 4.39 Å². The SMILES string of the molecule is O=c1[nH]c(-c2ccco2)ncc1F. The van der Waals surface area contributed by atoms with Gasteiger partial charge in [-0.15, -0.1) is 0 Å². The number of rotatable bonds is 1. The predicted octanol–water partition coefficient (Wildman–Crippen LogP) is 1.17. The summed E-state index contributed by atoms with van der Waals surface area (Å²) in [5, 5.41) is 0. The molecule has 2 heterocycles. The van der Waals surface area contributed by atoms with E-state index in [2.05, 4.69) is 9.97 Å². The average Bonchev–Trinajstić information content (AvgIpc) is 2.62. The summed E-state index contributed by atoms with van der Waals surface area (Å²) in [7, 11) is 0. The first-order valence-electron chi connectivity index (χ1n) is 3.56. The van der Waals surface area contributed by atoms with Gasteiger partial charge >= 0.3 is 0 Å². The van der Waals surface area contributed by atoms with E-state index in [0.717, 1.165) is 6.20 Å². The number of nitrogens with zero attached hydrogens (tertiary/aromatic N) is 1. The van der Waals surface area contributed by atoms with Gasteiger partial charge in [0, 0.05) is 0 Å². The highest BCUT2D eigenvalue weighted by Gasteiger charge is 2.05. The van der Waals surface area contributed by atoms with Crippen LogP contribution in [0.1, 0.15) is 0 Å². The molecule has 0 atom stereocenters. The number of furan rings is 1. The van der Waals surface area contributed by atoms with Crippen LogP contribution in [0.15, 0.2) is 33.8 Å². The van der Waals surface area contributed by atoms with Gasteiger partial charge in [0.2, 0.25) is 5.82 Å². The fourth-order valence-electron chi connectivity index (χ4n) is 0.918. The molecule has 0 aromatic carbocycles. The molecule has 0 aliphatic heterocycles. The van der Waals surface area contributed by atoms with E-state index < -0.39 is 11.4 Å². The normalized spacial score (nSPS) is 10.2. The van der Waals surface area contributed by atoms with Gasteiger partial charge in [-0.2, -0.15) is 4.39 Å². The van der Waals surface area contributed by atoms with E-state index in [-0.39, 0.29) is 5.82 Å². The molecule has 66 valence electrons. The van der Waals surface area contributed by atoms with E-state index in [0.29, 0.717) is 5.76 Å². The van der Waals surface area contributed by atoms with Crippen molar-refractivity contribution < 1.29 is 8.81 Å². The lowest BCUT2D eigenvalue weighted by molar-refractivity contribution is 0.570. The van der Waals surface area contributed by atoms with Crippen LogP contribution in [0.5, 0.6) is 0 Å². The van der Waals surface area contributed by atoms with Gasteiger partial charge in [-0.3, -0.25) is 4.79 Å². The van der Waals surface area contributed by atoms with Crippen molar-refractivity contribution in [2.45, 2.75) is 0 Å².